The standard InChI is InChI=1S/C18H34N2O6S.ClH/c1-5-6-10-7-11(20(3)8-10)17(25)19-12(9(2)21)16-14(23)13(22)15(24)18(26-16)27-4;/h9-16,18,21-24H,5-8H2,1-4H3,(H,19,25);1H/t9?,10?,11-,12?,13?,14-,15?,16?,18-;/m1./s1. The summed E-state index contributed by atoms with van der Waals surface area (Å²) in [5.41, 5.74) is -0.755. The lowest BCUT2D eigenvalue weighted by atomic mass is 9.92. The molecule has 2 rings (SSSR count). The quantitative estimate of drug-likeness (QED) is 0.360. The van der Waals surface area contributed by atoms with Crippen LogP contribution in [0, 0.1) is 5.92 Å². The van der Waals surface area contributed by atoms with E-state index in [1.54, 1.807) is 6.26 Å². The van der Waals surface area contributed by atoms with Crippen LogP contribution in [0.4, 0.5) is 0 Å². The van der Waals surface area contributed by atoms with Gasteiger partial charge in [-0.05, 0) is 39.0 Å². The minimum Gasteiger partial charge on any atom is -0.391 e. The second kappa shape index (κ2) is 11.3. The Morgan fingerprint density at radius 1 is 1.29 bits per heavy atom. The number of aliphatic hydroxyl groups excluding tert-OH is 4. The molecule has 28 heavy (non-hydrogen) atoms. The number of nitrogens with zero attached hydrogens (tertiary/aromatic N) is 1. The fourth-order valence-corrected chi connectivity index (χ4v) is 4.81. The van der Waals surface area contributed by atoms with Crippen LogP contribution in [0.3, 0.4) is 0 Å². The number of aliphatic hydroxyl groups is 4. The van der Waals surface area contributed by atoms with Crippen LogP contribution in [-0.2, 0) is 9.53 Å². The van der Waals surface area contributed by atoms with Crippen molar-refractivity contribution in [3.63, 3.8) is 0 Å². The molecular formula is C18H35ClN2O6S. The topological polar surface area (TPSA) is 122 Å². The van der Waals surface area contributed by atoms with E-state index in [0.717, 1.165) is 25.8 Å². The van der Waals surface area contributed by atoms with Gasteiger partial charge in [0.15, 0.2) is 0 Å². The van der Waals surface area contributed by atoms with E-state index >= 15 is 0 Å². The normalized spacial score (nSPS) is 38.5. The average Bonchev–Trinajstić information content (AvgIpc) is 2.99. The number of nitrogens with one attached hydrogen (secondary N) is 1. The summed E-state index contributed by atoms with van der Waals surface area (Å²) in [6.45, 7) is 4.48. The first-order chi connectivity index (χ1) is 12.7. The molecule has 8 nitrogen and oxygen atoms in total. The van der Waals surface area contributed by atoms with Crippen molar-refractivity contribution in [3.05, 3.63) is 0 Å². The Balaban J connectivity index is 0.00000392. The number of halogens is 1. The zero-order chi connectivity index (χ0) is 20.3. The third-order valence-electron chi connectivity index (χ3n) is 5.66. The summed E-state index contributed by atoms with van der Waals surface area (Å²) in [6, 6.07) is -1.20. The second-order valence-electron chi connectivity index (χ2n) is 7.80. The Morgan fingerprint density at radius 2 is 1.93 bits per heavy atom. The maximum absolute atomic E-state index is 12.8. The molecule has 166 valence electrons. The summed E-state index contributed by atoms with van der Waals surface area (Å²) in [5, 5.41) is 43.5. The molecule has 0 aromatic rings. The third-order valence-corrected chi connectivity index (χ3v) is 6.51. The van der Waals surface area contributed by atoms with E-state index < -0.39 is 42.0 Å². The molecule has 9 atom stereocenters. The minimum absolute atomic E-state index is 0. The second-order valence-corrected chi connectivity index (χ2v) is 8.73. The molecule has 0 radical (unpaired) electrons. The number of carbonyl (C=O) groups excluding carboxylic acids is 1. The number of carbonyl (C=O) groups is 1. The van der Waals surface area contributed by atoms with Gasteiger partial charge in [0.2, 0.25) is 5.91 Å². The first-order valence-electron chi connectivity index (χ1n) is 9.62. The molecule has 0 aliphatic carbocycles. The highest BCUT2D eigenvalue weighted by Crippen LogP contribution is 2.30. The Labute approximate surface area is 177 Å². The van der Waals surface area contributed by atoms with Crippen LogP contribution in [0.25, 0.3) is 0 Å². The lowest BCUT2D eigenvalue weighted by Crippen LogP contribution is -2.65. The summed E-state index contributed by atoms with van der Waals surface area (Å²) >= 11 is 1.20. The first-order valence-corrected chi connectivity index (χ1v) is 10.9. The molecule has 0 spiro atoms. The largest absolute Gasteiger partial charge is 0.391 e. The highest BCUT2D eigenvalue weighted by Gasteiger charge is 2.48. The van der Waals surface area contributed by atoms with E-state index in [2.05, 4.69) is 12.2 Å². The Bertz CT molecular complexity index is 501. The van der Waals surface area contributed by atoms with Crippen LogP contribution in [0.5, 0.6) is 0 Å². The molecular weight excluding hydrogens is 408 g/mol. The Kier molecular flexibility index (Phi) is 10.5. The molecule has 2 saturated heterocycles. The highest BCUT2D eigenvalue weighted by atomic mass is 35.5. The van der Waals surface area contributed by atoms with Crippen LogP contribution in [0.1, 0.15) is 33.1 Å². The van der Waals surface area contributed by atoms with E-state index in [4.69, 9.17) is 4.74 Å². The van der Waals surface area contributed by atoms with Crippen molar-refractivity contribution in [1.29, 1.82) is 0 Å². The van der Waals surface area contributed by atoms with Crippen molar-refractivity contribution in [1.82, 2.24) is 10.2 Å². The van der Waals surface area contributed by atoms with Crippen molar-refractivity contribution in [2.45, 2.75) is 81.1 Å². The number of rotatable bonds is 7. The number of likely N-dealkylation sites (N-methyl/N-ethyl adjacent to an activating group) is 1. The number of likely N-dealkylation sites (tertiary alicyclic amines) is 1. The predicted molar refractivity (Wildman–Crippen MR) is 110 cm³/mol. The van der Waals surface area contributed by atoms with Crippen molar-refractivity contribution in [2.75, 3.05) is 19.8 Å². The zero-order valence-corrected chi connectivity index (χ0v) is 18.5. The lowest BCUT2D eigenvalue weighted by molar-refractivity contribution is -0.211. The van der Waals surface area contributed by atoms with Crippen LogP contribution >= 0.6 is 24.2 Å². The van der Waals surface area contributed by atoms with Crippen LogP contribution in [0.2, 0.25) is 0 Å². The summed E-state index contributed by atoms with van der Waals surface area (Å²) in [4.78, 5) is 14.9. The molecule has 5 N–H and O–H groups in total. The summed E-state index contributed by atoms with van der Waals surface area (Å²) in [7, 11) is 1.91. The van der Waals surface area contributed by atoms with E-state index in [0.29, 0.717) is 5.92 Å². The van der Waals surface area contributed by atoms with Gasteiger partial charge in [0.1, 0.15) is 29.9 Å². The molecule has 6 unspecified atom stereocenters. The average molecular weight is 443 g/mol. The fraction of sp³-hybridized carbons (Fsp3) is 0.944. The lowest BCUT2D eigenvalue weighted by Gasteiger charge is -2.44. The smallest absolute Gasteiger partial charge is 0.237 e. The minimum atomic E-state index is -1.42. The van der Waals surface area contributed by atoms with Gasteiger partial charge in [-0.1, -0.05) is 13.3 Å². The molecule has 0 bridgehead atoms. The molecule has 2 fully saturated rings. The van der Waals surface area contributed by atoms with Crippen molar-refractivity contribution < 1.29 is 30.0 Å². The van der Waals surface area contributed by atoms with Gasteiger partial charge >= 0.3 is 0 Å². The third kappa shape index (κ3) is 5.72. The number of thioether (sulfide) groups is 1. The van der Waals surface area contributed by atoms with Crippen LogP contribution in [0.15, 0.2) is 0 Å². The van der Waals surface area contributed by atoms with E-state index in [9.17, 15) is 25.2 Å². The van der Waals surface area contributed by atoms with Gasteiger partial charge in [0.05, 0.1) is 18.2 Å². The molecule has 10 heteroatoms. The van der Waals surface area contributed by atoms with Crippen molar-refractivity contribution >= 4 is 30.1 Å². The monoisotopic (exact) mass is 442 g/mol. The molecule has 0 aromatic carbocycles. The van der Waals surface area contributed by atoms with Gasteiger partial charge < -0.3 is 30.5 Å². The van der Waals surface area contributed by atoms with Crippen LogP contribution in [-0.4, -0.2) is 99.1 Å². The highest BCUT2D eigenvalue weighted by molar-refractivity contribution is 7.99. The van der Waals surface area contributed by atoms with Gasteiger partial charge in [-0.15, -0.1) is 24.2 Å². The fourth-order valence-electron chi connectivity index (χ4n) is 4.13. The van der Waals surface area contributed by atoms with E-state index in [1.807, 2.05) is 11.9 Å². The molecule has 2 aliphatic heterocycles. The number of hydrogen-bond acceptors (Lipinski definition) is 8. The van der Waals surface area contributed by atoms with Gasteiger partial charge in [-0.25, -0.2) is 0 Å². The number of amides is 1. The van der Waals surface area contributed by atoms with Crippen molar-refractivity contribution in [2.24, 2.45) is 5.92 Å². The Hall–Kier alpha value is -0.130. The van der Waals surface area contributed by atoms with Crippen molar-refractivity contribution in [3.8, 4) is 0 Å². The SMILES string of the molecule is CCCC1C[C@H](C(=O)NC(C(C)O)C2O[C@H](SC)C(O)C(O)[C@H]2O)N(C)C1.Cl. The summed E-state index contributed by atoms with van der Waals surface area (Å²) in [5.74, 6) is 0.245. The number of ether oxygens (including phenoxy) is 1. The van der Waals surface area contributed by atoms with E-state index in [-0.39, 0.29) is 24.4 Å². The first kappa shape index (κ1) is 25.9. The predicted octanol–water partition coefficient (Wildman–Crippen LogP) is -0.435. The Morgan fingerprint density at radius 3 is 2.46 bits per heavy atom. The van der Waals surface area contributed by atoms with Gasteiger partial charge in [-0.3, -0.25) is 9.69 Å². The summed E-state index contributed by atoms with van der Waals surface area (Å²) in [6.07, 6.45) is -1.50. The molecule has 2 heterocycles. The maximum atomic E-state index is 12.8. The van der Waals surface area contributed by atoms with Crippen LogP contribution < -0.4 is 5.32 Å². The van der Waals surface area contributed by atoms with E-state index in [1.165, 1.54) is 18.7 Å². The van der Waals surface area contributed by atoms with Gasteiger partial charge in [0.25, 0.3) is 0 Å². The molecule has 0 saturated carbocycles. The molecule has 1 amide bonds. The maximum Gasteiger partial charge on any atom is 0.237 e. The van der Waals surface area contributed by atoms with Gasteiger partial charge in [-0.2, -0.15) is 0 Å². The molecule has 2 aliphatic rings. The zero-order valence-electron chi connectivity index (χ0n) is 16.9. The van der Waals surface area contributed by atoms with Gasteiger partial charge in [0, 0.05) is 6.54 Å². The molecule has 0 aromatic heterocycles. The number of hydrogen-bond donors (Lipinski definition) is 5. The summed E-state index contributed by atoms with van der Waals surface area (Å²) < 4.78 is 5.72.